The number of carboxylic acids is 1. The van der Waals surface area contributed by atoms with Gasteiger partial charge in [-0.2, -0.15) is 11.8 Å². The highest BCUT2D eigenvalue weighted by atomic mass is 32.2. The van der Waals surface area contributed by atoms with Crippen molar-refractivity contribution in [2.45, 2.75) is 12.5 Å². The first-order valence-corrected chi connectivity index (χ1v) is 8.39. The average Bonchev–Trinajstić information content (AvgIpc) is 2.87. The van der Waals surface area contributed by atoms with Gasteiger partial charge in [0.05, 0.1) is 5.56 Å². The lowest BCUT2D eigenvalue weighted by atomic mass is 10.1. The minimum absolute atomic E-state index is 0.323. The van der Waals surface area contributed by atoms with Crippen LogP contribution in [0.4, 0.5) is 0 Å². The van der Waals surface area contributed by atoms with Gasteiger partial charge in [0.1, 0.15) is 6.04 Å². The molecular formula is C14H15NO3S2. The maximum absolute atomic E-state index is 12.2. The van der Waals surface area contributed by atoms with Gasteiger partial charge < -0.3 is 10.4 Å². The lowest BCUT2D eigenvalue weighted by molar-refractivity contribution is -0.139. The second-order valence-electron chi connectivity index (χ2n) is 4.29. The number of thioether (sulfide) groups is 1. The van der Waals surface area contributed by atoms with Gasteiger partial charge in [-0.1, -0.05) is 18.2 Å². The number of thiophene rings is 1. The zero-order chi connectivity index (χ0) is 14.5. The van der Waals surface area contributed by atoms with Crippen LogP contribution in [0, 0.1) is 0 Å². The van der Waals surface area contributed by atoms with Crippen molar-refractivity contribution in [3.8, 4) is 0 Å². The molecule has 20 heavy (non-hydrogen) atoms. The molecule has 1 amide bonds. The number of amides is 1. The van der Waals surface area contributed by atoms with Gasteiger partial charge >= 0.3 is 5.97 Å². The van der Waals surface area contributed by atoms with Crippen molar-refractivity contribution >= 4 is 45.1 Å². The quantitative estimate of drug-likeness (QED) is 0.861. The molecule has 0 fully saturated rings. The van der Waals surface area contributed by atoms with Gasteiger partial charge in [0.15, 0.2) is 0 Å². The number of hydrogen-bond acceptors (Lipinski definition) is 4. The van der Waals surface area contributed by atoms with Crippen molar-refractivity contribution in [1.82, 2.24) is 5.32 Å². The molecule has 0 aliphatic rings. The molecule has 0 saturated heterocycles. The van der Waals surface area contributed by atoms with E-state index >= 15 is 0 Å². The fraction of sp³-hybridized carbons (Fsp3) is 0.286. The molecule has 1 heterocycles. The minimum Gasteiger partial charge on any atom is -0.480 e. The van der Waals surface area contributed by atoms with E-state index in [1.54, 1.807) is 17.1 Å². The molecule has 1 aromatic carbocycles. The summed E-state index contributed by atoms with van der Waals surface area (Å²) in [6, 6.07) is 6.76. The molecule has 1 atom stereocenters. The van der Waals surface area contributed by atoms with E-state index in [1.807, 2.05) is 30.5 Å². The summed E-state index contributed by atoms with van der Waals surface area (Å²) in [7, 11) is 0. The summed E-state index contributed by atoms with van der Waals surface area (Å²) in [5.74, 6) is -0.621. The molecule has 0 bridgehead atoms. The van der Waals surface area contributed by atoms with Crippen LogP contribution in [0.1, 0.15) is 16.8 Å². The molecule has 0 radical (unpaired) electrons. The van der Waals surface area contributed by atoms with E-state index < -0.39 is 12.0 Å². The molecule has 0 aliphatic heterocycles. The molecule has 106 valence electrons. The van der Waals surface area contributed by atoms with Crippen LogP contribution < -0.4 is 5.32 Å². The SMILES string of the molecule is CSCC[C@@H](NC(=O)c1csc2ccccc12)C(=O)O. The Kier molecular flexibility index (Phi) is 5.03. The molecule has 2 rings (SSSR count). The second-order valence-corrected chi connectivity index (χ2v) is 6.19. The van der Waals surface area contributed by atoms with E-state index in [1.165, 1.54) is 11.3 Å². The first-order chi connectivity index (χ1) is 9.63. The largest absolute Gasteiger partial charge is 0.480 e. The summed E-state index contributed by atoms with van der Waals surface area (Å²) in [6.07, 6.45) is 2.33. The van der Waals surface area contributed by atoms with E-state index in [4.69, 9.17) is 5.11 Å². The monoisotopic (exact) mass is 309 g/mol. The zero-order valence-corrected chi connectivity index (χ0v) is 12.6. The van der Waals surface area contributed by atoms with Crippen molar-refractivity contribution in [2.75, 3.05) is 12.0 Å². The number of nitrogens with one attached hydrogen (secondary N) is 1. The third-order valence-electron chi connectivity index (χ3n) is 2.94. The number of rotatable bonds is 6. The van der Waals surface area contributed by atoms with Gasteiger partial charge in [-0.15, -0.1) is 11.3 Å². The molecule has 0 spiro atoms. The van der Waals surface area contributed by atoms with Gasteiger partial charge in [-0.3, -0.25) is 4.79 Å². The van der Waals surface area contributed by atoms with Crippen molar-refractivity contribution in [2.24, 2.45) is 0 Å². The van der Waals surface area contributed by atoms with Crippen LogP contribution >= 0.6 is 23.1 Å². The Morgan fingerprint density at radius 1 is 1.40 bits per heavy atom. The summed E-state index contributed by atoms with van der Waals surface area (Å²) in [5.41, 5.74) is 0.543. The molecule has 1 aromatic heterocycles. The van der Waals surface area contributed by atoms with Crippen LogP contribution in [0.25, 0.3) is 10.1 Å². The maximum atomic E-state index is 12.2. The molecule has 0 aliphatic carbocycles. The molecule has 0 saturated carbocycles. The predicted octanol–water partition coefficient (Wildman–Crippen LogP) is 2.84. The first kappa shape index (κ1) is 14.9. The average molecular weight is 309 g/mol. The third-order valence-corrected chi connectivity index (χ3v) is 4.55. The first-order valence-electron chi connectivity index (χ1n) is 6.12. The highest BCUT2D eigenvalue weighted by Gasteiger charge is 2.21. The van der Waals surface area contributed by atoms with E-state index in [0.717, 1.165) is 10.1 Å². The minimum atomic E-state index is -0.994. The summed E-state index contributed by atoms with van der Waals surface area (Å²) >= 11 is 3.05. The molecule has 4 nitrogen and oxygen atoms in total. The van der Waals surface area contributed by atoms with Gasteiger partial charge in [0, 0.05) is 15.5 Å². The Morgan fingerprint density at radius 3 is 2.85 bits per heavy atom. The lowest BCUT2D eigenvalue weighted by Gasteiger charge is -2.13. The number of carbonyl (C=O) groups is 2. The van der Waals surface area contributed by atoms with Crippen molar-refractivity contribution in [1.29, 1.82) is 0 Å². The molecule has 0 unspecified atom stereocenters. The Labute approximate surface area is 125 Å². The van der Waals surface area contributed by atoms with Crippen molar-refractivity contribution < 1.29 is 14.7 Å². The fourth-order valence-corrected chi connectivity index (χ4v) is 3.30. The van der Waals surface area contributed by atoms with Crippen LogP contribution in [0.15, 0.2) is 29.6 Å². The highest BCUT2D eigenvalue weighted by Crippen LogP contribution is 2.25. The summed E-state index contributed by atoms with van der Waals surface area (Å²) in [4.78, 5) is 23.4. The smallest absolute Gasteiger partial charge is 0.326 e. The maximum Gasteiger partial charge on any atom is 0.326 e. The molecule has 2 aromatic rings. The van der Waals surface area contributed by atoms with Crippen LogP contribution in [0.5, 0.6) is 0 Å². The Bertz CT molecular complexity index is 624. The Hall–Kier alpha value is -1.53. The number of carboxylic acid groups (broad SMARTS) is 1. The topological polar surface area (TPSA) is 66.4 Å². The fourth-order valence-electron chi connectivity index (χ4n) is 1.88. The van der Waals surface area contributed by atoms with Gasteiger partial charge in [0.25, 0.3) is 5.91 Å². The highest BCUT2D eigenvalue weighted by molar-refractivity contribution is 7.98. The van der Waals surface area contributed by atoms with E-state index in [-0.39, 0.29) is 5.91 Å². The second kappa shape index (κ2) is 6.76. The van der Waals surface area contributed by atoms with Crippen molar-refractivity contribution in [3.05, 3.63) is 35.2 Å². The Morgan fingerprint density at radius 2 is 2.15 bits per heavy atom. The van der Waals surface area contributed by atoms with Crippen LogP contribution in [-0.2, 0) is 4.79 Å². The standard InChI is InChI=1S/C14H15NO3S2/c1-19-7-6-11(14(17)18)15-13(16)10-8-20-12-5-3-2-4-9(10)12/h2-5,8,11H,6-7H2,1H3,(H,15,16)(H,17,18)/t11-/m1/s1. The zero-order valence-electron chi connectivity index (χ0n) is 11.0. The number of aliphatic carboxylic acids is 1. The third kappa shape index (κ3) is 3.32. The van der Waals surface area contributed by atoms with Crippen molar-refractivity contribution in [3.63, 3.8) is 0 Å². The number of carbonyl (C=O) groups excluding carboxylic acids is 1. The summed E-state index contributed by atoms with van der Waals surface area (Å²) in [6.45, 7) is 0. The van der Waals surface area contributed by atoms with Gasteiger partial charge in [0.2, 0.25) is 0 Å². The summed E-state index contributed by atoms with van der Waals surface area (Å²) < 4.78 is 1.02. The van der Waals surface area contributed by atoms with Gasteiger partial charge in [-0.25, -0.2) is 4.79 Å². The van der Waals surface area contributed by atoms with E-state index in [9.17, 15) is 9.59 Å². The van der Waals surface area contributed by atoms with Gasteiger partial charge in [-0.05, 0) is 24.5 Å². The number of benzene rings is 1. The number of hydrogen-bond donors (Lipinski definition) is 2. The van der Waals surface area contributed by atoms with E-state index in [2.05, 4.69) is 5.32 Å². The van der Waals surface area contributed by atoms with Crippen LogP contribution in [0.2, 0.25) is 0 Å². The predicted molar refractivity (Wildman–Crippen MR) is 83.7 cm³/mol. The number of fused-ring (bicyclic) bond motifs is 1. The van der Waals surface area contributed by atoms with Crippen LogP contribution in [-0.4, -0.2) is 35.0 Å². The molecule has 2 N–H and O–H groups in total. The lowest BCUT2D eigenvalue weighted by Crippen LogP contribution is -2.41. The Balaban J connectivity index is 2.16. The van der Waals surface area contributed by atoms with Crippen LogP contribution in [0.3, 0.4) is 0 Å². The van der Waals surface area contributed by atoms with E-state index in [0.29, 0.717) is 17.7 Å². The summed E-state index contributed by atoms with van der Waals surface area (Å²) in [5, 5.41) is 14.4. The molecule has 6 heteroatoms. The normalized spacial score (nSPS) is 12.2. The molecular weight excluding hydrogens is 294 g/mol.